The van der Waals surface area contributed by atoms with E-state index in [9.17, 15) is 4.79 Å². The molecule has 1 aromatic carbocycles. The first-order valence-corrected chi connectivity index (χ1v) is 5.69. The van der Waals surface area contributed by atoms with Gasteiger partial charge in [0, 0.05) is 6.21 Å². The van der Waals surface area contributed by atoms with Crippen molar-refractivity contribution in [2.24, 2.45) is 9.98 Å². The van der Waals surface area contributed by atoms with Crippen molar-refractivity contribution in [2.45, 2.75) is 0 Å². The summed E-state index contributed by atoms with van der Waals surface area (Å²) in [5.41, 5.74) is 0.405. The van der Waals surface area contributed by atoms with Gasteiger partial charge in [0.1, 0.15) is 6.61 Å². The molecule has 0 atom stereocenters. The molecule has 1 aromatic rings. The third-order valence-corrected chi connectivity index (χ3v) is 2.54. The molecule has 19 heavy (non-hydrogen) atoms. The molecule has 0 amide bonds. The number of methoxy groups -OCH3 is 2. The Balaban J connectivity index is 2.11. The first-order valence-electron chi connectivity index (χ1n) is 5.69. The third-order valence-electron chi connectivity index (χ3n) is 2.54. The van der Waals surface area contributed by atoms with Crippen LogP contribution in [0.15, 0.2) is 28.2 Å². The van der Waals surface area contributed by atoms with E-state index in [4.69, 9.17) is 9.47 Å². The molecule has 1 aliphatic heterocycles. The summed E-state index contributed by atoms with van der Waals surface area (Å²) in [6, 6.07) is 4.84. The maximum absolute atomic E-state index is 11.4. The average Bonchev–Trinajstić information content (AvgIpc) is 2.97. The molecule has 0 bridgehead atoms. The van der Waals surface area contributed by atoms with E-state index in [1.807, 2.05) is 0 Å². The molecule has 0 radical (unpaired) electrons. The number of hydrogen-bond acceptors (Lipinski definition) is 6. The highest BCUT2D eigenvalue weighted by atomic mass is 16.5. The van der Waals surface area contributed by atoms with E-state index < -0.39 is 5.97 Å². The minimum atomic E-state index is -0.422. The minimum Gasteiger partial charge on any atom is -0.493 e. The van der Waals surface area contributed by atoms with Crippen molar-refractivity contribution in [3.05, 3.63) is 23.8 Å². The largest absolute Gasteiger partial charge is 0.493 e. The van der Waals surface area contributed by atoms with Crippen LogP contribution in [0.4, 0.5) is 0 Å². The maximum Gasteiger partial charge on any atom is 0.337 e. The van der Waals surface area contributed by atoms with E-state index in [0.29, 0.717) is 29.4 Å². The number of benzene rings is 1. The molecular weight excluding hydrogens is 248 g/mol. The van der Waals surface area contributed by atoms with Crippen LogP contribution in [0.3, 0.4) is 0 Å². The molecule has 0 N–H and O–H groups in total. The highest BCUT2D eigenvalue weighted by Gasteiger charge is 2.12. The smallest absolute Gasteiger partial charge is 0.337 e. The lowest BCUT2D eigenvalue weighted by atomic mass is 10.2. The van der Waals surface area contributed by atoms with Crippen LogP contribution in [-0.4, -0.2) is 45.4 Å². The lowest BCUT2D eigenvalue weighted by Crippen LogP contribution is -2.09. The van der Waals surface area contributed by atoms with Crippen LogP contribution in [0.2, 0.25) is 0 Å². The van der Waals surface area contributed by atoms with Crippen molar-refractivity contribution in [1.82, 2.24) is 0 Å². The summed E-state index contributed by atoms with van der Waals surface area (Å²) in [6.07, 6.45) is 1.72. The van der Waals surface area contributed by atoms with Gasteiger partial charge in [0.05, 0.1) is 26.3 Å². The fourth-order valence-corrected chi connectivity index (χ4v) is 1.59. The Labute approximate surface area is 110 Å². The quantitative estimate of drug-likeness (QED) is 0.751. The first kappa shape index (κ1) is 13.1. The van der Waals surface area contributed by atoms with Crippen molar-refractivity contribution in [1.29, 1.82) is 0 Å². The lowest BCUT2D eigenvalue weighted by molar-refractivity contribution is 0.0600. The average molecular weight is 262 g/mol. The second-order valence-electron chi connectivity index (χ2n) is 3.71. The molecule has 1 heterocycles. The monoisotopic (exact) mass is 262 g/mol. The number of ether oxygens (including phenoxy) is 3. The standard InChI is InChI=1S/C13H14N2O4/c1-17-11-7-9(13(16)18-2)3-4-10(11)19-8-12-14-5-6-15-12/h3-5,7H,6,8H2,1-2H3. The number of amidine groups is 1. The lowest BCUT2D eigenvalue weighted by Gasteiger charge is -2.11. The molecule has 6 heteroatoms. The highest BCUT2D eigenvalue weighted by Crippen LogP contribution is 2.28. The second kappa shape index (κ2) is 5.99. The molecule has 0 fully saturated rings. The Morgan fingerprint density at radius 1 is 1.32 bits per heavy atom. The molecule has 0 saturated carbocycles. The van der Waals surface area contributed by atoms with E-state index >= 15 is 0 Å². The normalized spacial score (nSPS) is 13.1. The van der Waals surface area contributed by atoms with E-state index in [0.717, 1.165) is 0 Å². The van der Waals surface area contributed by atoms with Crippen LogP contribution in [-0.2, 0) is 4.74 Å². The summed E-state index contributed by atoms with van der Waals surface area (Å²) < 4.78 is 15.4. The van der Waals surface area contributed by atoms with Crippen molar-refractivity contribution < 1.29 is 19.0 Å². The Kier molecular flexibility index (Phi) is 4.12. The molecule has 0 spiro atoms. The Morgan fingerprint density at radius 2 is 2.16 bits per heavy atom. The minimum absolute atomic E-state index is 0.268. The molecule has 0 saturated heterocycles. The number of hydrogen-bond donors (Lipinski definition) is 0. The zero-order chi connectivity index (χ0) is 13.7. The van der Waals surface area contributed by atoms with E-state index in [1.165, 1.54) is 14.2 Å². The number of carbonyl (C=O) groups is 1. The number of esters is 1. The summed E-state index contributed by atoms with van der Waals surface area (Å²) >= 11 is 0. The van der Waals surface area contributed by atoms with Gasteiger partial charge in [-0.2, -0.15) is 0 Å². The number of nitrogens with zero attached hydrogens (tertiary/aromatic N) is 2. The van der Waals surface area contributed by atoms with Gasteiger partial charge in [-0.1, -0.05) is 0 Å². The van der Waals surface area contributed by atoms with Crippen molar-refractivity contribution in [3.63, 3.8) is 0 Å². The van der Waals surface area contributed by atoms with Crippen molar-refractivity contribution in [3.8, 4) is 11.5 Å². The number of carbonyl (C=O) groups excluding carboxylic acids is 1. The highest BCUT2D eigenvalue weighted by molar-refractivity contribution is 5.95. The van der Waals surface area contributed by atoms with Gasteiger partial charge < -0.3 is 14.2 Å². The van der Waals surface area contributed by atoms with Crippen LogP contribution in [0.5, 0.6) is 11.5 Å². The van der Waals surface area contributed by atoms with Gasteiger partial charge in [0.15, 0.2) is 17.3 Å². The third kappa shape index (κ3) is 3.09. The zero-order valence-electron chi connectivity index (χ0n) is 10.8. The summed E-state index contributed by atoms with van der Waals surface area (Å²) in [4.78, 5) is 19.6. The van der Waals surface area contributed by atoms with Crippen LogP contribution < -0.4 is 9.47 Å². The molecule has 0 unspecified atom stereocenters. The fraction of sp³-hybridized carbons (Fsp3) is 0.308. The predicted molar refractivity (Wildman–Crippen MR) is 70.6 cm³/mol. The Bertz CT molecular complexity index is 537. The van der Waals surface area contributed by atoms with Gasteiger partial charge >= 0.3 is 5.97 Å². The van der Waals surface area contributed by atoms with Crippen LogP contribution in [0, 0.1) is 0 Å². The predicted octanol–water partition coefficient (Wildman–Crippen LogP) is 1.34. The van der Waals surface area contributed by atoms with Gasteiger partial charge in [-0.05, 0) is 18.2 Å². The maximum atomic E-state index is 11.4. The molecule has 6 nitrogen and oxygen atoms in total. The van der Waals surface area contributed by atoms with Crippen molar-refractivity contribution in [2.75, 3.05) is 27.4 Å². The van der Waals surface area contributed by atoms with Gasteiger partial charge in [-0.3, -0.25) is 4.99 Å². The SMILES string of the molecule is COC(=O)c1ccc(OCC2=NCC=N2)c(OC)c1. The van der Waals surface area contributed by atoms with Crippen molar-refractivity contribution >= 4 is 18.0 Å². The van der Waals surface area contributed by atoms with Crippen LogP contribution >= 0.6 is 0 Å². The molecule has 1 aliphatic rings. The van der Waals surface area contributed by atoms with Gasteiger partial charge in [0.2, 0.25) is 0 Å². The Morgan fingerprint density at radius 3 is 2.79 bits per heavy atom. The van der Waals surface area contributed by atoms with Gasteiger partial charge in [-0.15, -0.1) is 0 Å². The summed E-state index contributed by atoms with van der Waals surface area (Å²) in [5.74, 6) is 1.21. The van der Waals surface area contributed by atoms with Gasteiger partial charge in [-0.25, -0.2) is 9.79 Å². The topological polar surface area (TPSA) is 69.5 Å². The van der Waals surface area contributed by atoms with E-state index in [-0.39, 0.29) is 6.61 Å². The Hall–Kier alpha value is -2.37. The summed E-state index contributed by atoms with van der Waals surface area (Å²) in [7, 11) is 2.84. The fourth-order valence-electron chi connectivity index (χ4n) is 1.59. The van der Waals surface area contributed by atoms with Crippen LogP contribution in [0.1, 0.15) is 10.4 Å². The zero-order valence-corrected chi connectivity index (χ0v) is 10.8. The number of aliphatic imine (C=N–C) groups is 2. The van der Waals surface area contributed by atoms with Crippen LogP contribution in [0.25, 0.3) is 0 Å². The molecule has 2 rings (SSSR count). The van der Waals surface area contributed by atoms with E-state index in [1.54, 1.807) is 24.4 Å². The number of rotatable bonds is 5. The molecular formula is C13H14N2O4. The second-order valence-corrected chi connectivity index (χ2v) is 3.71. The molecule has 0 aliphatic carbocycles. The van der Waals surface area contributed by atoms with Gasteiger partial charge in [0.25, 0.3) is 0 Å². The summed E-state index contributed by atoms with van der Waals surface area (Å²) in [6.45, 7) is 0.863. The van der Waals surface area contributed by atoms with E-state index in [2.05, 4.69) is 14.7 Å². The molecule has 100 valence electrons. The first-order chi connectivity index (χ1) is 9.24. The summed E-state index contributed by atoms with van der Waals surface area (Å²) in [5, 5.41) is 0. The molecule has 0 aromatic heterocycles.